The molecular formula is C18H27NO3S. The third-order valence-electron chi connectivity index (χ3n) is 4.10. The average Bonchev–Trinajstić information content (AvgIpc) is 3.00. The van der Waals surface area contributed by atoms with E-state index in [0.717, 1.165) is 24.2 Å². The number of rotatable bonds is 7. The molecule has 1 fully saturated rings. The third-order valence-corrected chi connectivity index (χ3v) is 5.70. The molecule has 2 atom stereocenters. The maximum absolute atomic E-state index is 12.6. The first-order chi connectivity index (χ1) is 11.0. The van der Waals surface area contributed by atoms with Gasteiger partial charge < -0.3 is 10.1 Å². The van der Waals surface area contributed by atoms with Gasteiger partial charge in [-0.25, -0.2) is 0 Å². The number of para-hydroxylation sites is 1. The van der Waals surface area contributed by atoms with Crippen LogP contribution in [0.25, 0.3) is 0 Å². The Balaban J connectivity index is 1.96. The molecule has 0 unspecified atom stereocenters. The highest BCUT2D eigenvalue weighted by Gasteiger charge is 2.25. The molecule has 1 aromatic carbocycles. The van der Waals surface area contributed by atoms with Gasteiger partial charge in [-0.15, -0.1) is 0 Å². The van der Waals surface area contributed by atoms with E-state index in [1.165, 1.54) is 12.8 Å². The zero-order chi connectivity index (χ0) is 16.8. The SMILES string of the molecule is CC(C)Oc1ccccc1C[S@@](=O)[C@@H](C)C(=O)NC1CCCC1. The molecule has 0 aliphatic heterocycles. The number of carbonyl (C=O) groups excluding carboxylic acids is 1. The van der Waals surface area contributed by atoms with Crippen molar-refractivity contribution in [1.82, 2.24) is 5.32 Å². The van der Waals surface area contributed by atoms with Crippen molar-refractivity contribution >= 4 is 16.7 Å². The minimum atomic E-state index is -1.26. The largest absolute Gasteiger partial charge is 0.491 e. The highest BCUT2D eigenvalue weighted by Crippen LogP contribution is 2.22. The quantitative estimate of drug-likeness (QED) is 0.831. The Hall–Kier alpha value is -1.36. The van der Waals surface area contributed by atoms with Crippen molar-refractivity contribution in [2.24, 2.45) is 0 Å². The van der Waals surface area contributed by atoms with Crippen LogP contribution in [0.3, 0.4) is 0 Å². The van der Waals surface area contributed by atoms with Crippen molar-refractivity contribution in [3.05, 3.63) is 29.8 Å². The van der Waals surface area contributed by atoms with Gasteiger partial charge in [-0.05, 0) is 39.7 Å². The van der Waals surface area contributed by atoms with Gasteiger partial charge in [0.15, 0.2) is 0 Å². The smallest absolute Gasteiger partial charge is 0.235 e. The molecule has 0 radical (unpaired) electrons. The van der Waals surface area contributed by atoms with E-state index >= 15 is 0 Å². The lowest BCUT2D eigenvalue weighted by Gasteiger charge is -2.18. The van der Waals surface area contributed by atoms with Gasteiger partial charge in [-0.3, -0.25) is 9.00 Å². The van der Waals surface area contributed by atoms with Gasteiger partial charge in [0.2, 0.25) is 5.91 Å². The lowest BCUT2D eigenvalue weighted by Crippen LogP contribution is -2.40. The van der Waals surface area contributed by atoms with Gasteiger partial charge in [-0.1, -0.05) is 31.0 Å². The summed E-state index contributed by atoms with van der Waals surface area (Å²) in [4.78, 5) is 12.3. The Kier molecular flexibility index (Phi) is 6.63. The van der Waals surface area contributed by atoms with E-state index in [-0.39, 0.29) is 18.1 Å². The molecule has 0 aromatic heterocycles. The molecule has 1 amide bonds. The minimum absolute atomic E-state index is 0.0627. The zero-order valence-electron chi connectivity index (χ0n) is 14.2. The molecule has 0 spiro atoms. The zero-order valence-corrected chi connectivity index (χ0v) is 15.0. The fourth-order valence-corrected chi connectivity index (χ4v) is 3.88. The van der Waals surface area contributed by atoms with Crippen LogP contribution in [-0.4, -0.2) is 27.5 Å². The highest BCUT2D eigenvalue weighted by molar-refractivity contribution is 7.85. The molecular weight excluding hydrogens is 310 g/mol. The van der Waals surface area contributed by atoms with Crippen LogP contribution in [0.2, 0.25) is 0 Å². The van der Waals surface area contributed by atoms with Gasteiger partial charge in [0.1, 0.15) is 11.0 Å². The van der Waals surface area contributed by atoms with Crippen LogP contribution in [-0.2, 0) is 21.3 Å². The second kappa shape index (κ2) is 8.48. The van der Waals surface area contributed by atoms with Crippen LogP contribution in [0, 0.1) is 0 Å². The van der Waals surface area contributed by atoms with Gasteiger partial charge in [-0.2, -0.15) is 0 Å². The molecule has 0 heterocycles. The molecule has 0 saturated heterocycles. The summed E-state index contributed by atoms with van der Waals surface area (Å²) in [6.45, 7) is 5.67. The molecule has 1 N–H and O–H groups in total. The number of nitrogens with one attached hydrogen (secondary N) is 1. The molecule has 1 aromatic rings. The number of amides is 1. The third kappa shape index (κ3) is 5.34. The van der Waals surface area contributed by atoms with Crippen LogP contribution in [0.5, 0.6) is 5.75 Å². The lowest BCUT2D eigenvalue weighted by molar-refractivity contribution is -0.121. The molecule has 5 heteroatoms. The van der Waals surface area contributed by atoms with Crippen molar-refractivity contribution in [1.29, 1.82) is 0 Å². The summed E-state index contributed by atoms with van der Waals surface area (Å²) in [5.41, 5.74) is 0.889. The summed E-state index contributed by atoms with van der Waals surface area (Å²) in [5, 5.41) is 2.52. The van der Waals surface area contributed by atoms with E-state index in [9.17, 15) is 9.00 Å². The standard InChI is InChI=1S/C18H27NO3S/c1-13(2)22-17-11-7-4-8-15(17)12-23(21)14(3)18(20)19-16-9-5-6-10-16/h4,7-8,11,13-14,16H,5-6,9-10,12H2,1-3H3,(H,19,20)/t14-,23+/m0/s1. The number of ether oxygens (including phenoxy) is 1. The maximum atomic E-state index is 12.6. The predicted molar refractivity (Wildman–Crippen MR) is 93.9 cm³/mol. The van der Waals surface area contributed by atoms with Crippen molar-refractivity contribution in [3.8, 4) is 5.75 Å². The topological polar surface area (TPSA) is 55.4 Å². The summed E-state index contributed by atoms with van der Waals surface area (Å²) in [5.74, 6) is 0.985. The summed E-state index contributed by atoms with van der Waals surface area (Å²) in [7, 11) is -1.26. The average molecular weight is 337 g/mol. The van der Waals surface area contributed by atoms with Gasteiger partial charge in [0.25, 0.3) is 0 Å². The summed E-state index contributed by atoms with van der Waals surface area (Å²) >= 11 is 0. The van der Waals surface area contributed by atoms with Crippen molar-refractivity contribution in [3.63, 3.8) is 0 Å². The van der Waals surface area contributed by atoms with E-state index in [1.54, 1.807) is 6.92 Å². The molecule has 0 bridgehead atoms. The van der Waals surface area contributed by atoms with E-state index in [4.69, 9.17) is 4.74 Å². The Morgan fingerprint density at radius 2 is 1.91 bits per heavy atom. The Labute approximate surface area is 141 Å². The fraction of sp³-hybridized carbons (Fsp3) is 0.611. The first-order valence-electron chi connectivity index (χ1n) is 8.39. The molecule has 1 aliphatic carbocycles. The van der Waals surface area contributed by atoms with E-state index in [2.05, 4.69) is 5.32 Å². The van der Waals surface area contributed by atoms with Gasteiger partial charge in [0, 0.05) is 22.4 Å². The molecule has 1 saturated carbocycles. The van der Waals surface area contributed by atoms with Crippen molar-refractivity contribution < 1.29 is 13.7 Å². The first-order valence-corrected chi connectivity index (χ1v) is 9.77. The van der Waals surface area contributed by atoms with Gasteiger partial charge in [0.05, 0.1) is 11.9 Å². The normalized spacial score (nSPS) is 17.9. The number of carbonyl (C=O) groups is 1. The van der Waals surface area contributed by atoms with Crippen LogP contribution in [0.4, 0.5) is 0 Å². The Bertz CT molecular complexity index is 553. The van der Waals surface area contributed by atoms with E-state index in [0.29, 0.717) is 5.75 Å². The van der Waals surface area contributed by atoms with Crippen LogP contribution in [0.15, 0.2) is 24.3 Å². The van der Waals surface area contributed by atoms with Crippen molar-refractivity contribution in [2.45, 2.75) is 69.6 Å². The molecule has 23 heavy (non-hydrogen) atoms. The van der Waals surface area contributed by atoms with Gasteiger partial charge >= 0.3 is 0 Å². The number of benzene rings is 1. The molecule has 4 nitrogen and oxygen atoms in total. The summed E-state index contributed by atoms with van der Waals surface area (Å²) in [6.07, 6.45) is 4.48. The Morgan fingerprint density at radius 3 is 2.57 bits per heavy atom. The van der Waals surface area contributed by atoms with Crippen LogP contribution < -0.4 is 10.1 Å². The van der Waals surface area contributed by atoms with Crippen LogP contribution in [0.1, 0.15) is 52.0 Å². The fourth-order valence-electron chi connectivity index (χ4n) is 2.78. The monoisotopic (exact) mass is 337 g/mol. The van der Waals surface area contributed by atoms with E-state index in [1.807, 2.05) is 38.1 Å². The van der Waals surface area contributed by atoms with E-state index < -0.39 is 16.0 Å². The highest BCUT2D eigenvalue weighted by atomic mass is 32.2. The Morgan fingerprint density at radius 1 is 1.26 bits per heavy atom. The summed E-state index contributed by atoms with van der Waals surface area (Å²) in [6, 6.07) is 7.87. The van der Waals surface area contributed by atoms with Crippen molar-refractivity contribution in [2.75, 3.05) is 0 Å². The molecule has 2 rings (SSSR count). The second-order valence-electron chi connectivity index (χ2n) is 6.43. The lowest BCUT2D eigenvalue weighted by atomic mass is 10.2. The number of hydrogen-bond donors (Lipinski definition) is 1. The summed E-state index contributed by atoms with van der Waals surface area (Å²) < 4.78 is 18.3. The molecule has 128 valence electrons. The maximum Gasteiger partial charge on any atom is 0.235 e. The first kappa shape index (κ1) is 18.0. The predicted octanol–water partition coefficient (Wildman–Crippen LogP) is 3.17. The molecule has 1 aliphatic rings. The van der Waals surface area contributed by atoms with Crippen LogP contribution >= 0.6 is 0 Å². The minimum Gasteiger partial charge on any atom is -0.491 e. The number of hydrogen-bond acceptors (Lipinski definition) is 3. The second-order valence-corrected chi connectivity index (χ2v) is 8.19.